The maximum absolute atomic E-state index is 13.2. The first-order valence-corrected chi connectivity index (χ1v) is 9.64. The predicted octanol–water partition coefficient (Wildman–Crippen LogP) is 5.65. The van der Waals surface area contributed by atoms with Crippen molar-refractivity contribution >= 4 is 28.4 Å². The van der Waals surface area contributed by atoms with Gasteiger partial charge in [0.2, 0.25) is 0 Å². The Morgan fingerprint density at radius 2 is 1.44 bits per heavy atom. The minimum absolute atomic E-state index is 0.0567. The van der Waals surface area contributed by atoms with E-state index in [4.69, 9.17) is 0 Å². The number of hydrogen-bond donors (Lipinski definition) is 0. The van der Waals surface area contributed by atoms with Crippen LogP contribution >= 0.6 is 11.8 Å². The average Bonchev–Trinajstić information content (AvgIpc) is 2.73. The second-order valence-corrected chi connectivity index (χ2v) is 7.32. The molecule has 0 N–H and O–H groups in total. The highest BCUT2D eigenvalue weighted by Gasteiger charge is 2.24. The van der Waals surface area contributed by atoms with Gasteiger partial charge in [0.1, 0.15) is 5.25 Å². The van der Waals surface area contributed by atoms with Crippen molar-refractivity contribution in [2.75, 3.05) is 0 Å². The molecule has 1 aromatic heterocycles. The summed E-state index contributed by atoms with van der Waals surface area (Å²) in [5.41, 5.74) is 3.45. The molecule has 0 spiro atoms. The van der Waals surface area contributed by atoms with E-state index in [1.165, 1.54) is 11.8 Å². The number of thioether (sulfide) groups is 1. The Morgan fingerprint density at radius 3 is 2.19 bits per heavy atom. The lowest BCUT2D eigenvalue weighted by Gasteiger charge is -2.16. The maximum atomic E-state index is 13.2. The standard InChI is InChI=1S/C23H18N2OS/c1-16-19-14-8-9-15-20(19)25-23(24-16)27-22(18-12-6-3-7-13-18)21(26)17-10-4-2-5-11-17/h2-15,22H,1H3/t22-/m1/s1. The molecule has 4 heteroatoms. The van der Waals surface area contributed by atoms with Gasteiger partial charge in [0.05, 0.1) is 5.52 Å². The van der Waals surface area contributed by atoms with E-state index < -0.39 is 5.25 Å². The molecule has 0 unspecified atom stereocenters. The molecule has 0 fully saturated rings. The van der Waals surface area contributed by atoms with Crippen LogP contribution in [0.3, 0.4) is 0 Å². The number of ketones is 1. The van der Waals surface area contributed by atoms with Crippen molar-refractivity contribution in [3.05, 3.63) is 102 Å². The number of aryl methyl sites for hydroxylation is 1. The molecule has 132 valence electrons. The van der Waals surface area contributed by atoms with Gasteiger partial charge >= 0.3 is 0 Å². The van der Waals surface area contributed by atoms with Gasteiger partial charge in [-0.2, -0.15) is 0 Å². The SMILES string of the molecule is Cc1nc(S[C@@H](C(=O)c2ccccc2)c2ccccc2)nc2ccccc12. The Labute approximate surface area is 162 Å². The number of benzene rings is 3. The van der Waals surface area contributed by atoms with Crippen molar-refractivity contribution in [3.8, 4) is 0 Å². The summed E-state index contributed by atoms with van der Waals surface area (Å²) in [7, 11) is 0. The fraction of sp³-hybridized carbons (Fsp3) is 0.0870. The third kappa shape index (κ3) is 3.76. The third-order valence-corrected chi connectivity index (χ3v) is 5.51. The van der Waals surface area contributed by atoms with Crippen molar-refractivity contribution in [2.45, 2.75) is 17.3 Å². The van der Waals surface area contributed by atoms with Crippen LogP contribution in [0.5, 0.6) is 0 Å². The lowest BCUT2D eigenvalue weighted by molar-refractivity contribution is 0.0989. The highest BCUT2D eigenvalue weighted by atomic mass is 32.2. The van der Waals surface area contributed by atoms with E-state index in [-0.39, 0.29) is 5.78 Å². The van der Waals surface area contributed by atoms with Crippen molar-refractivity contribution in [1.29, 1.82) is 0 Å². The Kier molecular flexibility index (Phi) is 4.99. The quantitative estimate of drug-likeness (QED) is 0.258. The lowest BCUT2D eigenvalue weighted by Crippen LogP contribution is -2.10. The number of rotatable bonds is 5. The van der Waals surface area contributed by atoms with Crippen LogP contribution in [0.15, 0.2) is 90.1 Å². The van der Waals surface area contributed by atoms with Gasteiger partial charge in [-0.25, -0.2) is 9.97 Å². The van der Waals surface area contributed by atoms with E-state index in [0.29, 0.717) is 10.7 Å². The van der Waals surface area contributed by atoms with Crippen LogP contribution in [0.2, 0.25) is 0 Å². The number of Topliss-reactive ketones (excluding diaryl/α,β-unsaturated/α-hetero) is 1. The van der Waals surface area contributed by atoms with Crippen LogP contribution in [0.25, 0.3) is 10.9 Å². The van der Waals surface area contributed by atoms with Crippen molar-refractivity contribution in [3.63, 3.8) is 0 Å². The zero-order valence-corrected chi connectivity index (χ0v) is 15.7. The number of carbonyl (C=O) groups excluding carboxylic acids is 1. The first-order chi connectivity index (χ1) is 13.2. The first-order valence-electron chi connectivity index (χ1n) is 8.76. The molecular formula is C23H18N2OS. The fourth-order valence-corrected chi connectivity index (χ4v) is 4.11. The summed E-state index contributed by atoms with van der Waals surface area (Å²) in [5.74, 6) is 0.0567. The molecule has 0 aliphatic rings. The molecule has 0 amide bonds. The van der Waals surface area contributed by atoms with E-state index in [1.807, 2.05) is 91.9 Å². The van der Waals surface area contributed by atoms with Gasteiger partial charge in [-0.05, 0) is 18.6 Å². The smallest absolute Gasteiger partial charge is 0.189 e. The van der Waals surface area contributed by atoms with E-state index in [1.54, 1.807) is 0 Å². The van der Waals surface area contributed by atoms with Crippen molar-refractivity contribution in [1.82, 2.24) is 9.97 Å². The minimum Gasteiger partial charge on any atom is -0.293 e. The summed E-state index contributed by atoms with van der Waals surface area (Å²) in [6, 6.07) is 27.1. The summed E-state index contributed by atoms with van der Waals surface area (Å²) < 4.78 is 0. The Balaban J connectivity index is 1.75. The Morgan fingerprint density at radius 1 is 0.815 bits per heavy atom. The molecule has 0 radical (unpaired) electrons. The number of carbonyl (C=O) groups is 1. The third-order valence-electron chi connectivity index (χ3n) is 4.40. The van der Waals surface area contributed by atoms with Crippen LogP contribution in [-0.4, -0.2) is 15.8 Å². The van der Waals surface area contributed by atoms with Crippen molar-refractivity contribution < 1.29 is 4.79 Å². The summed E-state index contributed by atoms with van der Waals surface area (Å²) in [6.45, 7) is 1.98. The van der Waals surface area contributed by atoms with Crippen LogP contribution in [0, 0.1) is 6.92 Å². The van der Waals surface area contributed by atoms with E-state index in [2.05, 4.69) is 9.97 Å². The molecule has 0 aliphatic carbocycles. The highest BCUT2D eigenvalue weighted by molar-refractivity contribution is 8.00. The molecule has 0 bridgehead atoms. The van der Waals surface area contributed by atoms with Gasteiger partial charge in [-0.3, -0.25) is 4.79 Å². The van der Waals surface area contributed by atoms with Gasteiger partial charge in [-0.1, -0.05) is 90.6 Å². The van der Waals surface area contributed by atoms with E-state index in [0.717, 1.165) is 22.2 Å². The van der Waals surface area contributed by atoms with E-state index in [9.17, 15) is 4.79 Å². The molecule has 27 heavy (non-hydrogen) atoms. The summed E-state index contributed by atoms with van der Waals surface area (Å²) in [6.07, 6.45) is 0. The normalized spacial score (nSPS) is 12.0. The largest absolute Gasteiger partial charge is 0.293 e. The van der Waals surface area contributed by atoms with Crippen LogP contribution < -0.4 is 0 Å². The Hall–Kier alpha value is -2.98. The summed E-state index contributed by atoms with van der Waals surface area (Å²) >= 11 is 1.40. The van der Waals surface area contributed by atoms with Gasteiger partial charge < -0.3 is 0 Å². The summed E-state index contributed by atoms with van der Waals surface area (Å²) in [4.78, 5) is 22.5. The monoisotopic (exact) mass is 370 g/mol. The molecule has 3 aromatic carbocycles. The molecular weight excluding hydrogens is 352 g/mol. The number of fused-ring (bicyclic) bond motifs is 1. The minimum atomic E-state index is -0.394. The molecule has 0 aliphatic heterocycles. The van der Waals surface area contributed by atoms with Gasteiger partial charge in [-0.15, -0.1) is 0 Å². The average molecular weight is 370 g/mol. The maximum Gasteiger partial charge on any atom is 0.189 e. The first kappa shape index (κ1) is 17.4. The number of hydrogen-bond acceptors (Lipinski definition) is 4. The van der Waals surface area contributed by atoms with Crippen LogP contribution in [0.1, 0.15) is 26.9 Å². The number of para-hydroxylation sites is 1. The van der Waals surface area contributed by atoms with Gasteiger partial charge in [0.25, 0.3) is 0 Å². The molecule has 0 saturated heterocycles. The molecule has 1 heterocycles. The molecule has 4 rings (SSSR count). The van der Waals surface area contributed by atoms with Crippen LogP contribution in [-0.2, 0) is 0 Å². The molecule has 1 atom stereocenters. The molecule has 3 nitrogen and oxygen atoms in total. The van der Waals surface area contributed by atoms with Crippen molar-refractivity contribution in [2.24, 2.45) is 0 Å². The van der Waals surface area contributed by atoms with Crippen LogP contribution in [0.4, 0.5) is 0 Å². The second kappa shape index (κ2) is 7.72. The van der Waals surface area contributed by atoms with Gasteiger partial charge in [0, 0.05) is 16.6 Å². The van der Waals surface area contributed by atoms with E-state index >= 15 is 0 Å². The Bertz CT molecular complexity index is 1080. The zero-order valence-electron chi connectivity index (χ0n) is 14.9. The topological polar surface area (TPSA) is 42.9 Å². The molecule has 0 saturated carbocycles. The number of nitrogens with zero attached hydrogens (tertiary/aromatic N) is 2. The summed E-state index contributed by atoms with van der Waals surface area (Å²) in [5, 5.41) is 1.26. The fourth-order valence-electron chi connectivity index (χ4n) is 3.02. The number of aromatic nitrogens is 2. The lowest BCUT2D eigenvalue weighted by atomic mass is 10.0. The highest BCUT2D eigenvalue weighted by Crippen LogP contribution is 2.37. The zero-order chi connectivity index (χ0) is 18.6. The van der Waals surface area contributed by atoms with Gasteiger partial charge in [0.15, 0.2) is 10.9 Å². The predicted molar refractivity (Wildman–Crippen MR) is 110 cm³/mol. The second-order valence-electron chi connectivity index (χ2n) is 6.25. The molecule has 4 aromatic rings.